The zero-order valence-corrected chi connectivity index (χ0v) is 15.4. The van der Waals surface area contributed by atoms with Crippen molar-refractivity contribution in [3.05, 3.63) is 66.3 Å². The van der Waals surface area contributed by atoms with Crippen LogP contribution in [0.4, 0.5) is 5.69 Å². The molecular formula is C22H22N3O2+. The number of carbonyl (C=O) groups is 1. The van der Waals surface area contributed by atoms with E-state index in [0.29, 0.717) is 6.54 Å². The Bertz CT molecular complexity index is 1080. The highest BCUT2D eigenvalue weighted by atomic mass is 16.4. The average Bonchev–Trinajstić information content (AvgIpc) is 3.23. The van der Waals surface area contributed by atoms with Crippen molar-refractivity contribution in [2.45, 2.75) is 25.7 Å². The van der Waals surface area contributed by atoms with Crippen LogP contribution in [0.15, 0.2) is 55.0 Å². The molecule has 2 N–H and O–H groups in total. The molecule has 4 rings (SSSR count). The van der Waals surface area contributed by atoms with Gasteiger partial charge in [0.25, 0.3) is 0 Å². The van der Waals surface area contributed by atoms with Crippen LogP contribution in [0.25, 0.3) is 16.8 Å². The Balaban J connectivity index is 1.89. The van der Waals surface area contributed by atoms with Crippen molar-refractivity contribution in [3.63, 3.8) is 0 Å². The zero-order chi connectivity index (χ0) is 19.0. The molecule has 2 aromatic carbocycles. The van der Waals surface area contributed by atoms with Crippen molar-refractivity contribution >= 4 is 34.2 Å². The number of allylic oxidation sites excluding steroid dienone is 1. The van der Waals surface area contributed by atoms with Gasteiger partial charge in [0.05, 0.1) is 23.6 Å². The Kier molecular flexibility index (Phi) is 4.15. The van der Waals surface area contributed by atoms with Crippen LogP contribution in [0.3, 0.4) is 0 Å². The highest BCUT2D eigenvalue weighted by molar-refractivity contribution is 6.09. The van der Waals surface area contributed by atoms with Crippen LogP contribution in [-0.2, 0) is 10.2 Å². The molecule has 1 aromatic heterocycles. The molecule has 0 aliphatic carbocycles. The number of fused-ring (bicyclic) bond motifs is 3. The number of aromatic nitrogens is 2. The van der Waals surface area contributed by atoms with Gasteiger partial charge in [0, 0.05) is 17.7 Å². The Morgan fingerprint density at radius 2 is 2.04 bits per heavy atom. The molecule has 0 bridgehead atoms. The van der Waals surface area contributed by atoms with Crippen LogP contribution in [0.2, 0.25) is 0 Å². The Labute approximate surface area is 157 Å². The van der Waals surface area contributed by atoms with Crippen molar-refractivity contribution < 1.29 is 14.5 Å². The van der Waals surface area contributed by atoms with Gasteiger partial charge in [-0.15, -0.1) is 0 Å². The molecule has 0 unspecified atom stereocenters. The lowest BCUT2D eigenvalue weighted by Crippen LogP contribution is -2.28. The van der Waals surface area contributed by atoms with E-state index in [1.54, 1.807) is 12.5 Å². The first-order valence-corrected chi connectivity index (χ1v) is 9.04. The van der Waals surface area contributed by atoms with Gasteiger partial charge in [0.15, 0.2) is 12.3 Å². The normalized spacial score (nSPS) is 15.6. The number of benzene rings is 2. The van der Waals surface area contributed by atoms with Crippen molar-refractivity contribution in [3.8, 4) is 0 Å². The molecule has 2 heterocycles. The van der Waals surface area contributed by atoms with Crippen molar-refractivity contribution in [2.75, 3.05) is 6.54 Å². The minimum Gasteiger partial charge on any atom is -0.481 e. The molecule has 0 saturated heterocycles. The maximum absolute atomic E-state index is 11.2. The summed E-state index contributed by atoms with van der Waals surface area (Å²) < 4.78 is 2.14. The number of carboxylic acid groups (broad SMARTS) is 1. The Morgan fingerprint density at radius 1 is 1.22 bits per heavy atom. The van der Waals surface area contributed by atoms with Gasteiger partial charge >= 0.3 is 5.97 Å². The molecule has 0 atom stereocenters. The monoisotopic (exact) mass is 360 g/mol. The molecule has 1 aliphatic heterocycles. The number of aromatic amines is 1. The Morgan fingerprint density at radius 3 is 2.78 bits per heavy atom. The number of H-pyrrole nitrogens is 1. The first-order valence-electron chi connectivity index (χ1n) is 9.04. The lowest BCUT2D eigenvalue weighted by molar-refractivity contribution is -0.436. The number of nitrogens with one attached hydrogen (secondary N) is 1. The van der Waals surface area contributed by atoms with Gasteiger partial charge in [-0.2, -0.15) is 4.58 Å². The third kappa shape index (κ3) is 2.95. The molecule has 0 fully saturated rings. The van der Waals surface area contributed by atoms with E-state index in [1.807, 2.05) is 12.1 Å². The standard InChI is InChI=1S/C22H21N3O2/c1-22(2)19(10-8-16-13-23-14-24-16)25(12-11-20(26)27)18-9-7-15-5-3-4-6-17(15)21(18)22/h3-10,13-14H,11-12H2,1-2H3,(H,26,27)/p+1. The fraction of sp³-hybridized carbons (Fsp3) is 0.227. The number of nitrogens with zero attached hydrogens (tertiary/aromatic N) is 2. The van der Waals surface area contributed by atoms with Gasteiger partial charge in [-0.1, -0.05) is 24.3 Å². The van der Waals surface area contributed by atoms with Crippen molar-refractivity contribution in [1.82, 2.24) is 9.97 Å². The molecule has 0 spiro atoms. The topological polar surface area (TPSA) is 69.0 Å². The smallest absolute Gasteiger partial charge is 0.309 e. The molecule has 136 valence electrons. The highest BCUT2D eigenvalue weighted by Crippen LogP contribution is 2.44. The molecule has 0 radical (unpaired) electrons. The summed E-state index contributed by atoms with van der Waals surface area (Å²) >= 11 is 0. The maximum atomic E-state index is 11.2. The van der Waals surface area contributed by atoms with Crippen LogP contribution in [0, 0.1) is 0 Å². The molecule has 0 saturated carbocycles. The predicted octanol–water partition coefficient (Wildman–Crippen LogP) is 4.13. The fourth-order valence-electron chi connectivity index (χ4n) is 4.01. The summed E-state index contributed by atoms with van der Waals surface area (Å²) in [6, 6.07) is 12.6. The van der Waals surface area contributed by atoms with Crippen molar-refractivity contribution in [2.24, 2.45) is 0 Å². The first-order chi connectivity index (χ1) is 13.0. The predicted molar refractivity (Wildman–Crippen MR) is 107 cm³/mol. The van der Waals surface area contributed by atoms with Crippen LogP contribution in [-0.4, -0.2) is 37.9 Å². The number of aliphatic carboxylic acids is 1. The Hall–Kier alpha value is -3.21. The van der Waals surface area contributed by atoms with E-state index in [1.165, 1.54) is 16.3 Å². The van der Waals surface area contributed by atoms with Crippen molar-refractivity contribution in [1.29, 1.82) is 0 Å². The van der Waals surface area contributed by atoms with Crippen LogP contribution >= 0.6 is 0 Å². The second-order valence-corrected chi connectivity index (χ2v) is 7.33. The number of hydrogen-bond donors (Lipinski definition) is 2. The summed E-state index contributed by atoms with van der Waals surface area (Å²) in [6.45, 7) is 4.84. The van der Waals surface area contributed by atoms with Crippen LogP contribution in [0.5, 0.6) is 0 Å². The second kappa shape index (κ2) is 6.50. The van der Waals surface area contributed by atoms with E-state index in [0.717, 1.165) is 17.1 Å². The van der Waals surface area contributed by atoms with E-state index in [2.05, 4.69) is 64.8 Å². The lowest BCUT2D eigenvalue weighted by atomic mass is 9.79. The van der Waals surface area contributed by atoms with E-state index in [9.17, 15) is 9.90 Å². The van der Waals surface area contributed by atoms with Gasteiger partial charge in [0.2, 0.25) is 5.69 Å². The number of imidazole rings is 1. The molecule has 5 heteroatoms. The maximum Gasteiger partial charge on any atom is 0.309 e. The number of rotatable bonds is 5. The third-order valence-electron chi connectivity index (χ3n) is 5.24. The van der Waals surface area contributed by atoms with Crippen LogP contribution in [0.1, 0.15) is 31.5 Å². The largest absolute Gasteiger partial charge is 0.481 e. The molecule has 3 aromatic rings. The second-order valence-electron chi connectivity index (χ2n) is 7.33. The summed E-state index contributed by atoms with van der Waals surface area (Å²) in [5, 5.41) is 11.6. The van der Waals surface area contributed by atoms with Gasteiger partial charge in [-0.3, -0.25) is 4.79 Å². The van der Waals surface area contributed by atoms with Gasteiger partial charge in [0.1, 0.15) is 6.42 Å². The summed E-state index contributed by atoms with van der Waals surface area (Å²) in [4.78, 5) is 18.4. The molecule has 27 heavy (non-hydrogen) atoms. The third-order valence-corrected chi connectivity index (χ3v) is 5.24. The summed E-state index contributed by atoms with van der Waals surface area (Å²) in [7, 11) is 0. The van der Waals surface area contributed by atoms with E-state index in [4.69, 9.17) is 0 Å². The number of carboxylic acids is 1. The van der Waals surface area contributed by atoms with Gasteiger partial charge in [-0.05, 0) is 36.8 Å². The molecule has 1 aliphatic rings. The first kappa shape index (κ1) is 17.2. The van der Waals surface area contributed by atoms with Gasteiger partial charge < -0.3 is 10.1 Å². The number of hydrogen-bond acceptors (Lipinski definition) is 2. The SMILES string of the molecule is CC1(C)C(/C=C/c2cnc[nH]2)=[N+](CCC(=O)O)c2ccc3ccccc3c21. The van der Waals surface area contributed by atoms with E-state index >= 15 is 0 Å². The van der Waals surface area contributed by atoms with Crippen LogP contribution < -0.4 is 0 Å². The molecule has 5 nitrogen and oxygen atoms in total. The molecular weight excluding hydrogens is 338 g/mol. The highest BCUT2D eigenvalue weighted by Gasteiger charge is 2.45. The molecule has 0 amide bonds. The minimum atomic E-state index is -0.793. The minimum absolute atomic E-state index is 0.0870. The van der Waals surface area contributed by atoms with E-state index < -0.39 is 5.97 Å². The average molecular weight is 360 g/mol. The zero-order valence-electron chi connectivity index (χ0n) is 15.4. The van der Waals surface area contributed by atoms with Gasteiger partial charge in [-0.25, -0.2) is 4.98 Å². The van der Waals surface area contributed by atoms with E-state index in [-0.39, 0.29) is 11.8 Å². The fourth-order valence-corrected chi connectivity index (χ4v) is 4.01. The summed E-state index contributed by atoms with van der Waals surface area (Å²) in [5.41, 5.74) is 4.09. The summed E-state index contributed by atoms with van der Waals surface area (Å²) in [6.07, 6.45) is 7.57. The summed E-state index contributed by atoms with van der Waals surface area (Å²) in [5.74, 6) is -0.793. The lowest BCUT2D eigenvalue weighted by Gasteiger charge is -2.17. The quantitative estimate of drug-likeness (QED) is 0.672.